The lowest BCUT2D eigenvalue weighted by atomic mass is 10.1. The molecule has 1 unspecified atom stereocenters. The van der Waals surface area contributed by atoms with Crippen molar-refractivity contribution >= 4 is 18.0 Å². The van der Waals surface area contributed by atoms with Crippen molar-refractivity contribution in [2.75, 3.05) is 19.8 Å². The minimum absolute atomic E-state index is 0.0192. The number of amides is 2. The monoisotopic (exact) mass is 402 g/mol. The lowest BCUT2D eigenvalue weighted by Gasteiger charge is -2.27. The molecule has 8 heteroatoms. The predicted octanol–water partition coefficient (Wildman–Crippen LogP) is 2.93. The molecular weight excluding hydrogens is 364 g/mol. The van der Waals surface area contributed by atoms with Crippen LogP contribution in [-0.2, 0) is 23.8 Å². The average Bonchev–Trinajstić information content (AvgIpc) is 2.52. The standard InChI is InChI=1S/C20H38N2O6/c1-8-26-16(23)12-10-9-11-13-21-18(25)22-15(14-27-19(2,3)4)17(24)28-20(5,6)7/h15H,8-14H2,1-7H3,(H2,21,22,25). The molecule has 0 radical (unpaired) electrons. The van der Waals surface area contributed by atoms with Gasteiger partial charge in [0, 0.05) is 13.0 Å². The third-order valence-corrected chi connectivity index (χ3v) is 3.33. The van der Waals surface area contributed by atoms with Gasteiger partial charge in [0.15, 0.2) is 6.04 Å². The first kappa shape index (κ1) is 26.2. The van der Waals surface area contributed by atoms with Crippen LogP contribution in [0.15, 0.2) is 0 Å². The van der Waals surface area contributed by atoms with Crippen molar-refractivity contribution in [3.8, 4) is 0 Å². The highest BCUT2D eigenvalue weighted by atomic mass is 16.6. The Labute approximate surface area is 169 Å². The van der Waals surface area contributed by atoms with Gasteiger partial charge in [0.2, 0.25) is 0 Å². The van der Waals surface area contributed by atoms with Gasteiger partial charge in [0.25, 0.3) is 0 Å². The third kappa shape index (κ3) is 15.2. The summed E-state index contributed by atoms with van der Waals surface area (Å²) in [6.45, 7) is 13.5. The zero-order valence-electron chi connectivity index (χ0n) is 18.5. The maximum Gasteiger partial charge on any atom is 0.331 e. The minimum atomic E-state index is -0.901. The number of esters is 2. The summed E-state index contributed by atoms with van der Waals surface area (Å²) in [5.74, 6) is -0.742. The fourth-order valence-electron chi connectivity index (χ4n) is 2.09. The Morgan fingerprint density at radius 1 is 0.929 bits per heavy atom. The van der Waals surface area contributed by atoms with Gasteiger partial charge in [-0.25, -0.2) is 9.59 Å². The van der Waals surface area contributed by atoms with Gasteiger partial charge in [0.1, 0.15) is 5.60 Å². The summed E-state index contributed by atoms with van der Waals surface area (Å²) in [6.07, 6.45) is 2.61. The molecule has 0 spiro atoms. The highest BCUT2D eigenvalue weighted by Gasteiger charge is 2.28. The molecule has 28 heavy (non-hydrogen) atoms. The van der Waals surface area contributed by atoms with Crippen LogP contribution in [-0.4, -0.2) is 55.0 Å². The molecule has 8 nitrogen and oxygen atoms in total. The number of rotatable bonds is 11. The number of carbonyl (C=O) groups is 3. The Bertz CT molecular complexity index is 494. The van der Waals surface area contributed by atoms with Gasteiger partial charge in [-0.2, -0.15) is 0 Å². The summed E-state index contributed by atoms with van der Waals surface area (Å²) < 4.78 is 15.9. The molecule has 1 atom stereocenters. The summed E-state index contributed by atoms with van der Waals surface area (Å²) in [7, 11) is 0. The van der Waals surface area contributed by atoms with Crippen LogP contribution in [0.5, 0.6) is 0 Å². The molecular formula is C20H38N2O6. The molecule has 2 amide bonds. The fourth-order valence-corrected chi connectivity index (χ4v) is 2.09. The first-order valence-corrected chi connectivity index (χ1v) is 9.91. The topological polar surface area (TPSA) is 103 Å². The fraction of sp³-hybridized carbons (Fsp3) is 0.850. The molecule has 0 heterocycles. The maximum atomic E-state index is 12.4. The van der Waals surface area contributed by atoms with Crippen LogP contribution in [0.4, 0.5) is 4.79 Å². The van der Waals surface area contributed by atoms with E-state index in [1.807, 2.05) is 20.8 Å². The molecule has 0 aromatic rings. The van der Waals surface area contributed by atoms with Crippen molar-refractivity contribution in [2.24, 2.45) is 0 Å². The zero-order chi connectivity index (χ0) is 21.8. The number of carbonyl (C=O) groups excluding carboxylic acids is 3. The van der Waals surface area contributed by atoms with Gasteiger partial charge in [-0.05, 0) is 61.3 Å². The van der Waals surface area contributed by atoms with E-state index in [9.17, 15) is 14.4 Å². The molecule has 0 bridgehead atoms. The second-order valence-corrected chi connectivity index (χ2v) is 8.53. The van der Waals surface area contributed by atoms with E-state index in [1.165, 1.54) is 0 Å². The van der Waals surface area contributed by atoms with Crippen molar-refractivity contribution in [3.05, 3.63) is 0 Å². The Balaban J connectivity index is 4.35. The van der Waals surface area contributed by atoms with E-state index in [-0.39, 0.29) is 12.6 Å². The van der Waals surface area contributed by atoms with Crippen LogP contribution in [0, 0.1) is 0 Å². The SMILES string of the molecule is CCOC(=O)CCCCCNC(=O)NC(COC(C)(C)C)C(=O)OC(C)(C)C. The molecule has 0 saturated carbocycles. The van der Waals surface area contributed by atoms with E-state index < -0.39 is 29.2 Å². The molecule has 0 aliphatic rings. The Morgan fingerprint density at radius 2 is 1.57 bits per heavy atom. The number of hydrogen-bond acceptors (Lipinski definition) is 6. The van der Waals surface area contributed by atoms with Crippen LogP contribution in [0.3, 0.4) is 0 Å². The van der Waals surface area contributed by atoms with E-state index in [2.05, 4.69) is 10.6 Å². The number of unbranched alkanes of at least 4 members (excludes halogenated alkanes) is 2. The van der Waals surface area contributed by atoms with E-state index >= 15 is 0 Å². The quantitative estimate of drug-likeness (QED) is 0.407. The second kappa shape index (κ2) is 12.6. The zero-order valence-corrected chi connectivity index (χ0v) is 18.5. The Hall–Kier alpha value is -1.83. The molecule has 0 saturated heterocycles. The van der Waals surface area contributed by atoms with E-state index in [0.717, 1.165) is 12.8 Å². The van der Waals surface area contributed by atoms with E-state index in [1.54, 1.807) is 27.7 Å². The molecule has 0 aliphatic heterocycles. The molecule has 0 aromatic heterocycles. The Kier molecular flexibility index (Phi) is 11.8. The van der Waals surface area contributed by atoms with Crippen molar-refractivity contribution in [1.29, 1.82) is 0 Å². The predicted molar refractivity (Wildman–Crippen MR) is 107 cm³/mol. The van der Waals surface area contributed by atoms with Crippen LogP contribution in [0.2, 0.25) is 0 Å². The van der Waals surface area contributed by atoms with Crippen molar-refractivity contribution in [1.82, 2.24) is 10.6 Å². The van der Waals surface area contributed by atoms with E-state index in [4.69, 9.17) is 14.2 Å². The average molecular weight is 403 g/mol. The van der Waals surface area contributed by atoms with Crippen molar-refractivity contribution < 1.29 is 28.6 Å². The summed E-state index contributed by atoms with van der Waals surface area (Å²) in [6, 6.07) is -1.36. The van der Waals surface area contributed by atoms with Crippen LogP contribution >= 0.6 is 0 Å². The largest absolute Gasteiger partial charge is 0.466 e. The smallest absolute Gasteiger partial charge is 0.331 e. The lowest BCUT2D eigenvalue weighted by molar-refractivity contribution is -0.160. The lowest BCUT2D eigenvalue weighted by Crippen LogP contribution is -2.51. The van der Waals surface area contributed by atoms with Crippen molar-refractivity contribution in [3.63, 3.8) is 0 Å². The third-order valence-electron chi connectivity index (χ3n) is 3.33. The highest BCUT2D eigenvalue weighted by Crippen LogP contribution is 2.11. The van der Waals surface area contributed by atoms with Gasteiger partial charge in [-0.15, -0.1) is 0 Å². The summed E-state index contributed by atoms with van der Waals surface area (Å²) in [4.78, 5) is 35.7. The number of ether oxygens (including phenoxy) is 3. The van der Waals surface area contributed by atoms with Gasteiger partial charge in [0.05, 0.1) is 18.8 Å². The van der Waals surface area contributed by atoms with Gasteiger partial charge in [-0.3, -0.25) is 4.79 Å². The molecule has 0 aromatic carbocycles. The first-order valence-electron chi connectivity index (χ1n) is 9.91. The summed E-state index contributed by atoms with van der Waals surface area (Å²) in [5.41, 5.74) is -1.11. The minimum Gasteiger partial charge on any atom is -0.466 e. The maximum absolute atomic E-state index is 12.4. The first-order chi connectivity index (χ1) is 12.8. The second-order valence-electron chi connectivity index (χ2n) is 8.53. The van der Waals surface area contributed by atoms with Gasteiger partial charge >= 0.3 is 18.0 Å². The van der Waals surface area contributed by atoms with E-state index in [0.29, 0.717) is 26.0 Å². The number of hydrogen-bond donors (Lipinski definition) is 2. The normalized spacial score (nSPS) is 12.8. The number of nitrogens with one attached hydrogen (secondary N) is 2. The highest BCUT2D eigenvalue weighted by molar-refractivity contribution is 5.83. The van der Waals surface area contributed by atoms with Crippen LogP contribution in [0.25, 0.3) is 0 Å². The van der Waals surface area contributed by atoms with Gasteiger partial charge < -0.3 is 24.8 Å². The van der Waals surface area contributed by atoms with Crippen LogP contribution in [0.1, 0.15) is 74.1 Å². The molecule has 164 valence electrons. The summed E-state index contributed by atoms with van der Waals surface area (Å²) >= 11 is 0. The molecule has 0 rings (SSSR count). The van der Waals surface area contributed by atoms with Crippen molar-refractivity contribution in [2.45, 2.75) is 91.4 Å². The van der Waals surface area contributed by atoms with Gasteiger partial charge in [-0.1, -0.05) is 6.42 Å². The Morgan fingerprint density at radius 3 is 2.11 bits per heavy atom. The van der Waals surface area contributed by atoms with Crippen LogP contribution < -0.4 is 10.6 Å². The number of urea groups is 1. The molecule has 0 fully saturated rings. The molecule has 0 aliphatic carbocycles. The molecule has 2 N–H and O–H groups in total. The summed E-state index contributed by atoms with van der Waals surface area (Å²) in [5, 5.41) is 5.33.